The van der Waals surface area contributed by atoms with Crippen molar-refractivity contribution in [3.63, 3.8) is 0 Å². The number of rotatable bonds is 5. The van der Waals surface area contributed by atoms with Gasteiger partial charge in [0.25, 0.3) is 5.56 Å². The summed E-state index contributed by atoms with van der Waals surface area (Å²) in [4.78, 5) is 19.1. The van der Waals surface area contributed by atoms with Crippen molar-refractivity contribution in [2.45, 2.75) is 32.0 Å². The first kappa shape index (κ1) is 15.0. The summed E-state index contributed by atoms with van der Waals surface area (Å²) in [5.74, 6) is -0.221. The van der Waals surface area contributed by atoms with Crippen molar-refractivity contribution >= 4 is 5.65 Å². The van der Waals surface area contributed by atoms with Crippen molar-refractivity contribution in [2.75, 3.05) is 0 Å². The summed E-state index contributed by atoms with van der Waals surface area (Å²) in [5.41, 5.74) is 2.45. The Kier molecular flexibility index (Phi) is 3.86. The number of fused-ring (bicyclic) bond motifs is 1. The van der Waals surface area contributed by atoms with Crippen molar-refractivity contribution in [3.8, 4) is 0 Å². The second-order valence-corrected chi connectivity index (χ2v) is 6.28. The van der Waals surface area contributed by atoms with Crippen LogP contribution in [0.15, 0.2) is 59.5 Å². The van der Waals surface area contributed by atoms with Crippen LogP contribution in [0.1, 0.15) is 24.1 Å². The van der Waals surface area contributed by atoms with Gasteiger partial charge in [-0.2, -0.15) is 0 Å². The molecule has 0 radical (unpaired) electrons. The molecule has 0 saturated heterocycles. The molecule has 4 nitrogen and oxygen atoms in total. The van der Waals surface area contributed by atoms with E-state index in [1.54, 1.807) is 16.7 Å². The molecule has 0 aliphatic heterocycles. The molecule has 1 saturated carbocycles. The molecule has 4 rings (SSSR count). The predicted molar refractivity (Wildman–Crippen MR) is 90.1 cm³/mol. The molecule has 5 heteroatoms. The van der Waals surface area contributed by atoms with Gasteiger partial charge in [-0.1, -0.05) is 18.2 Å². The molecule has 0 atom stereocenters. The fraction of sp³-hybridized carbons (Fsp3) is 0.263. The van der Waals surface area contributed by atoms with Crippen LogP contribution < -0.4 is 5.56 Å². The highest BCUT2D eigenvalue weighted by molar-refractivity contribution is 5.38. The van der Waals surface area contributed by atoms with Crippen LogP contribution in [0.25, 0.3) is 5.65 Å². The Balaban J connectivity index is 1.59. The van der Waals surface area contributed by atoms with E-state index in [1.807, 2.05) is 30.3 Å². The van der Waals surface area contributed by atoms with Gasteiger partial charge in [0.05, 0.1) is 5.69 Å². The molecule has 2 aromatic heterocycles. The fourth-order valence-corrected chi connectivity index (χ4v) is 2.97. The summed E-state index contributed by atoms with van der Waals surface area (Å²) < 4.78 is 14.6. The second-order valence-electron chi connectivity index (χ2n) is 6.28. The minimum absolute atomic E-state index is 0.0619. The first-order chi connectivity index (χ1) is 11.7. The average molecular weight is 323 g/mol. The zero-order valence-electron chi connectivity index (χ0n) is 13.2. The van der Waals surface area contributed by atoms with Crippen LogP contribution in [0.5, 0.6) is 0 Å². The molecule has 1 fully saturated rings. The maximum Gasteiger partial charge on any atom is 0.258 e. The smallest absolute Gasteiger partial charge is 0.258 e. The molecule has 122 valence electrons. The first-order valence-corrected chi connectivity index (χ1v) is 8.15. The monoisotopic (exact) mass is 323 g/mol. The zero-order chi connectivity index (χ0) is 16.5. The Hall–Kier alpha value is -2.53. The summed E-state index contributed by atoms with van der Waals surface area (Å²) in [6, 6.07) is 14.3. The zero-order valence-corrected chi connectivity index (χ0v) is 13.2. The molecule has 0 spiro atoms. The van der Waals surface area contributed by atoms with E-state index in [0.29, 0.717) is 18.2 Å². The van der Waals surface area contributed by atoms with Crippen molar-refractivity contribution in [2.24, 2.45) is 0 Å². The number of nitrogens with zero attached hydrogens (tertiary/aromatic N) is 3. The number of pyridine rings is 1. The molecular formula is C19H18FN3O. The highest BCUT2D eigenvalue weighted by Crippen LogP contribution is 2.29. The predicted octanol–water partition coefficient (Wildman–Crippen LogP) is 3.00. The third kappa shape index (κ3) is 3.21. The quantitative estimate of drug-likeness (QED) is 0.724. The average Bonchev–Trinajstić information content (AvgIpc) is 3.41. The maximum absolute atomic E-state index is 13.1. The van der Waals surface area contributed by atoms with Gasteiger partial charge in [-0.15, -0.1) is 0 Å². The molecule has 0 bridgehead atoms. The molecule has 1 aliphatic carbocycles. The number of halogens is 1. The minimum atomic E-state index is -0.221. The van der Waals surface area contributed by atoms with Crippen LogP contribution in [0.2, 0.25) is 0 Å². The van der Waals surface area contributed by atoms with Crippen LogP contribution in [0.4, 0.5) is 4.39 Å². The summed E-state index contributed by atoms with van der Waals surface area (Å²) >= 11 is 0. The van der Waals surface area contributed by atoms with E-state index in [2.05, 4.69) is 9.88 Å². The Morgan fingerprint density at radius 1 is 1.12 bits per heavy atom. The number of hydrogen-bond acceptors (Lipinski definition) is 3. The van der Waals surface area contributed by atoms with E-state index in [0.717, 1.165) is 30.6 Å². The number of benzene rings is 1. The lowest BCUT2D eigenvalue weighted by Gasteiger charge is -2.21. The number of hydrogen-bond donors (Lipinski definition) is 0. The Morgan fingerprint density at radius 2 is 1.92 bits per heavy atom. The summed E-state index contributed by atoms with van der Waals surface area (Å²) in [6.45, 7) is 1.36. The molecular weight excluding hydrogens is 305 g/mol. The number of aromatic nitrogens is 2. The van der Waals surface area contributed by atoms with E-state index in [1.165, 1.54) is 12.1 Å². The molecule has 24 heavy (non-hydrogen) atoms. The topological polar surface area (TPSA) is 37.6 Å². The normalized spacial score (nSPS) is 14.4. The third-order valence-electron chi connectivity index (χ3n) is 4.35. The minimum Gasteiger partial charge on any atom is -0.290 e. The van der Waals surface area contributed by atoms with Gasteiger partial charge >= 0.3 is 0 Å². The van der Waals surface area contributed by atoms with Gasteiger partial charge in [-0.3, -0.25) is 14.1 Å². The van der Waals surface area contributed by atoms with Crippen molar-refractivity contribution in [1.29, 1.82) is 0 Å². The largest absolute Gasteiger partial charge is 0.290 e. The summed E-state index contributed by atoms with van der Waals surface area (Å²) in [5, 5.41) is 0. The molecule has 1 aliphatic rings. The molecule has 1 aromatic carbocycles. The van der Waals surface area contributed by atoms with Crippen molar-refractivity contribution < 1.29 is 4.39 Å². The van der Waals surface area contributed by atoms with Gasteiger partial charge in [0, 0.05) is 31.4 Å². The lowest BCUT2D eigenvalue weighted by Crippen LogP contribution is -2.27. The van der Waals surface area contributed by atoms with Gasteiger partial charge in [0.15, 0.2) is 0 Å². The van der Waals surface area contributed by atoms with Gasteiger partial charge < -0.3 is 0 Å². The van der Waals surface area contributed by atoms with Gasteiger partial charge in [-0.25, -0.2) is 9.37 Å². The molecule has 2 heterocycles. The maximum atomic E-state index is 13.1. The lowest BCUT2D eigenvalue weighted by atomic mass is 10.2. The molecule has 0 N–H and O–H groups in total. The second kappa shape index (κ2) is 6.17. The Bertz CT molecular complexity index is 916. The molecule has 0 amide bonds. The van der Waals surface area contributed by atoms with Crippen LogP contribution in [-0.2, 0) is 13.1 Å². The van der Waals surface area contributed by atoms with E-state index < -0.39 is 0 Å². The summed E-state index contributed by atoms with van der Waals surface area (Å²) in [6.07, 6.45) is 4.05. The SMILES string of the molecule is O=c1cc(CN(Cc2ccc(F)cc2)C2CC2)nc2ccccn12. The van der Waals surface area contributed by atoms with Crippen LogP contribution in [0, 0.1) is 5.82 Å². The van der Waals surface area contributed by atoms with Gasteiger partial charge in [0.1, 0.15) is 11.5 Å². The molecule has 0 unspecified atom stereocenters. The fourth-order valence-electron chi connectivity index (χ4n) is 2.97. The Morgan fingerprint density at radius 3 is 2.67 bits per heavy atom. The Labute approximate surface area is 139 Å². The lowest BCUT2D eigenvalue weighted by molar-refractivity contribution is 0.242. The van der Waals surface area contributed by atoms with E-state index in [9.17, 15) is 9.18 Å². The van der Waals surface area contributed by atoms with Crippen LogP contribution in [-0.4, -0.2) is 20.3 Å². The van der Waals surface area contributed by atoms with Crippen molar-refractivity contribution in [1.82, 2.24) is 14.3 Å². The van der Waals surface area contributed by atoms with Crippen LogP contribution >= 0.6 is 0 Å². The first-order valence-electron chi connectivity index (χ1n) is 8.15. The highest BCUT2D eigenvalue weighted by atomic mass is 19.1. The van der Waals surface area contributed by atoms with Crippen molar-refractivity contribution in [3.05, 3.63) is 82.2 Å². The van der Waals surface area contributed by atoms with Gasteiger partial charge in [-0.05, 0) is 42.7 Å². The van der Waals surface area contributed by atoms with Crippen LogP contribution in [0.3, 0.4) is 0 Å². The van der Waals surface area contributed by atoms with E-state index >= 15 is 0 Å². The highest BCUT2D eigenvalue weighted by Gasteiger charge is 2.29. The summed E-state index contributed by atoms with van der Waals surface area (Å²) in [7, 11) is 0. The standard InChI is InChI=1S/C19H18FN3O/c20-15-6-4-14(5-7-15)12-22(17-8-9-17)13-16-11-19(24)23-10-2-1-3-18(23)21-16/h1-7,10-11,17H,8-9,12-13H2. The molecule has 3 aromatic rings. The van der Waals surface area contributed by atoms with Gasteiger partial charge in [0.2, 0.25) is 0 Å². The van der Waals surface area contributed by atoms with E-state index in [-0.39, 0.29) is 11.4 Å². The van der Waals surface area contributed by atoms with E-state index in [4.69, 9.17) is 0 Å². The third-order valence-corrected chi connectivity index (χ3v) is 4.35.